The first-order chi connectivity index (χ1) is 9.62. The molecule has 3 N–H and O–H groups in total. The molecule has 1 heterocycles. The van der Waals surface area contributed by atoms with Gasteiger partial charge in [0.2, 0.25) is 0 Å². The molecule has 0 spiro atoms. The van der Waals surface area contributed by atoms with Gasteiger partial charge < -0.3 is 11.1 Å². The van der Waals surface area contributed by atoms with Crippen LogP contribution in [0.4, 0.5) is 0 Å². The maximum atomic E-state index is 5.60. The minimum Gasteiger partial charge on any atom is -0.326 e. The highest BCUT2D eigenvalue weighted by Crippen LogP contribution is 2.19. The van der Waals surface area contributed by atoms with Crippen LogP contribution in [-0.4, -0.2) is 11.5 Å². The number of hydrogen-bond donors (Lipinski definition) is 2. The van der Waals surface area contributed by atoms with Gasteiger partial charge in [-0.25, -0.2) is 0 Å². The van der Waals surface area contributed by atoms with Gasteiger partial charge in [0.1, 0.15) is 0 Å². The Morgan fingerprint density at radius 1 is 1.05 bits per heavy atom. The Hall–Kier alpha value is -1.71. The third-order valence-electron chi connectivity index (χ3n) is 3.51. The van der Waals surface area contributed by atoms with Crippen molar-refractivity contribution in [2.24, 2.45) is 5.73 Å². The van der Waals surface area contributed by atoms with Crippen LogP contribution in [0.3, 0.4) is 0 Å². The van der Waals surface area contributed by atoms with Crippen LogP contribution in [0.15, 0.2) is 48.7 Å². The first-order valence-electron chi connectivity index (χ1n) is 7.02. The fourth-order valence-electron chi connectivity index (χ4n) is 2.17. The van der Waals surface area contributed by atoms with Crippen molar-refractivity contribution >= 4 is 0 Å². The summed E-state index contributed by atoms with van der Waals surface area (Å²) in [6.45, 7) is 6.77. The molecule has 0 radical (unpaired) electrons. The summed E-state index contributed by atoms with van der Waals surface area (Å²) in [5.74, 6) is 0. The number of nitrogens with zero attached hydrogens (tertiary/aromatic N) is 1. The largest absolute Gasteiger partial charge is 0.326 e. The number of hydrogen-bond acceptors (Lipinski definition) is 3. The third-order valence-corrected chi connectivity index (χ3v) is 3.51. The van der Waals surface area contributed by atoms with Crippen LogP contribution in [0.2, 0.25) is 0 Å². The van der Waals surface area contributed by atoms with Gasteiger partial charge in [-0.1, -0.05) is 44.2 Å². The van der Waals surface area contributed by atoms with E-state index in [4.69, 9.17) is 5.73 Å². The smallest absolute Gasteiger partial charge is 0.0472 e. The minimum atomic E-state index is 0.0262. The molecule has 0 unspecified atom stereocenters. The Morgan fingerprint density at radius 3 is 2.35 bits per heavy atom. The summed E-state index contributed by atoms with van der Waals surface area (Å²) in [5.41, 5.74) is 9.19. The second-order valence-electron chi connectivity index (χ2n) is 5.72. The Morgan fingerprint density at radius 2 is 1.75 bits per heavy atom. The molecule has 0 aliphatic heterocycles. The number of nitrogens with one attached hydrogen (secondary N) is 1. The van der Waals surface area contributed by atoms with E-state index < -0.39 is 0 Å². The molecule has 1 aromatic heterocycles. The Kier molecular flexibility index (Phi) is 4.88. The molecular weight excluding hydrogens is 246 g/mol. The average Bonchev–Trinajstić information content (AvgIpc) is 2.49. The van der Waals surface area contributed by atoms with Crippen LogP contribution < -0.4 is 11.1 Å². The highest BCUT2D eigenvalue weighted by molar-refractivity contribution is 5.22. The Labute approximate surface area is 121 Å². The van der Waals surface area contributed by atoms with Crippen LogP contribution in [0.1, 0.15) is 30.7 Å². The first kappa shape index (κ1) is 14.7. The van der Waals surface area contributed by atoms with Crippen LogP contribution in [-0.2, 0) is 18.5 Å². The van der Waals surface area contributed by atoms with E-state index in [2.05, 4.69) is 54.5 Å². The summed E-state index contributed by atoms with van der Waals surface area (Å²) in [6.07, 6.45) is 1.85. The van der Waals surface area contributed by atoms with E-state index >= 15 is 0 Å². The molecule has 0 amide bonds. The van der Waals surface area contributed by atoms with Crippen molar-refractivity contribution in [1.82, 2.24) is 10.3 Å². The van der Waals surface area contributed by atoms with Crippen LogP contribution in [0.5, 0.6) is 0 Å². The molecule has 0 saturated heterocycles. The second-order valence-corrected chi connectivity index (χ2v) is 5.72. The van der Waals surface area contributed by atoms with E-state index in [9.17, 15) is 0 Å². The Balaban J connectivity index is 1.88. The zero-order valence-corrected chi connectivity index (χ0v) is 12.3. The topological polar surface area (TPSA) is 50.9 Å². The SMILES string of the molecule is CC(C)(CNCc1ccc(CN)cc1)c1ccccn1. The molecule has 0 bridgehead atoms. The molecule has 1 aromatic carbocycles. The van der Waals surface area contributed by atoms with Crippen molar-refractivity contribution in [3.63, 3.8) is 0 Å². The lowest BCUT2D eigenvalue weighted by Gasteiger charge is -2.24. The monoisotopic (exact) mass is 269 g/mol. The van der Waals surface area contributed by atoms with E-state index in [0.29, 0.717) is 6.54 Å². The van der Waals surface area contributed by atoms with Gasteiger partial charge in [-0.2, -0.15) is 0 Å². The number of benzene rings is 1. The second kappa shape index (κ2) is 6.64. The minimum absolute atomic E-state index is 0.0262. The van der Waals surface area contributed by atoms with Gasteiger partial charge in [0, 0.05) is 36.9 Å². The summed E-state index contributed by atoms with van der Waals surface area (Å²) < 4.78 is 0. The molecule has 106 valence electrons. The molecule has 0 aliphatic carbocycles. The molecule has 2 aromatic rings. The van der Waals surface area contributed by atoms with Crippen molar-refractivity contribution in [2.75, 3.05) is 6.54 Å². The summed E-state index contributed by atoms with van der Waals surface area (Å²) >= 11 is 0. The first-order valence-corrected chi connectivity index (χ1v) is 7.02. The summed E-state index contributed by atoms with van der Waals surface area (Å²) in [7, 11) is 0. The lowest BCUT2D eigenvalue weighted by Crippen LogP contribution is -2.33. The van der Waals surface area contributed by atoms with Crippen LogP contribution in [0, 0.1) is 0 Å². The third kappa shape index (κ3) is 3.89. The van der Waals surface area contributed by atoms with Crippen LogP contribution in [0.25, 0.3) is 0 Å². The highest BCUT2D eigenvalue weighted by Gasteiger charge is 2.21. The molecular formula is C17H23N3. The van der Waals surface area contributed by atoms with Gasteiger partial charge >= 0.3 is 0 Å². The van der Waals surface area contributed by atoms with Crippen molar-refractivity contribution in [3.8, 4) is 0 Å². The quantitative estimate of drug-likeness (QED) is 0.847. The number of rotatable bonds is 6. The van der Waals surface area contributed by atoms with E-state index in [0.717, 1.165) is 18.8 Å². The van der Waals surface area contributed by atoms with E-state index in [1.807, 2.05) is 18.3 Å². The lowest BCUT2D eigenvalue weighted by molar-refractivity contribution is 0.457. The lowest BCUT2D eigenvalue weighted by atomic mass is 9.88. The fourth-order valence-corrected chi connectivity index (χ4v) is 2.17. The van der Waals surface area contributed by atoms with E-state index in [1.54, 1.807) is 0 Å². The molecule has 0 atom stereocenters. The predicted octanol–water partition coefficient (Wildman–Crippen LogP) is 2.61. The molecule has 3 nitrogen and oxygen atoms in total. The summed E-state index contributed by atoms with van der Waals surface area (Å²) in [5, 5.41) is 3.51. The highest BCUT2D eigenvalue weighted by atomic mass is 14.9. The van der Waals surface area contributed by atoms with Crippen molar-refractivity contribution in [3.05, 3.63) is 65.5 Å². The maximum Gasteiger partial charge on any atom is 0.0472 e. The van der Waals surface area contributed by atoms with Gasteiger partial charge in [-0.05, 0) is 23.3 Å². The van der Waals surface area contributed by atoms with Gasteiger partial charge in [-0.15, -0.1) is 0 Å². The van der Waals surface area contributed by atoms with Crippen molar-refractivity contribution < 1.29 is 0 Å². The normalized spacial score (nSPS) is 11.6. The van der Waals surface area contributed by atoms with Crippen molar-refractivity contribution in [2.45, 2.75) is 32.4 Å². The number of pyridine rings is 1. The molecule has 0 aliphatic rings. The zero-order valence-electron chi connectivity index (χ0n) is 12.3. The Bertz CT molecular complexity index is 518. The average molecular weight is 269 g/mol. The van der Waals surface area contributed by atoms with Gasteiger partial charge in [-0.3, -0.25) is 4.98 Å². The van der Waals surface area contributed by atoms with E-state index in [1.165, 1.54) is 11.1 Å². The summed E-state index contributed by atoms with van der Waals surface area (Å²) in [6, 6.07) is 14.5. The van der Waals surface area contributed by atoms with Gasteiger partial charge in [0.25, 0.3) is 0 Å². The van der Waals surface area contributed by atoms with Crippen molar-refractivity contribution in [1.29, 1.82) is 0 Å². The van der Waals surface area contributed by atoms with Crippen LogP contribution >= 0.6 is 0 Å². The molecule has 0 saturated carbocycles. The maximum absolute atomic E-state index is 5.60. The summed E-state index contributed by atoms with van der Waals surface area (Å²) in [4.78, 5) is 4.44. The molecule has 20 heavy (non-hydrogen) atoms. The number of nitrogens with two attached hydrogens (primary N) is 1. The van der Waals surface area contributed by atoms with Gasteiger partial charge in [0.15, 0.2) is 0 Å². The van der Waals surface area contributed by atoms with E-state index in [-0.39, 0.29) is 5.41 Å². The van der Waals surface area contributed by atoms with Gasteiger partial charge in [0.05, 0.1) is 0 Å². The molecule has 3 heteroatoms. The predicted molar refractivity (Wildman–Crippen MR) is 83.3 cm³/mol. The standard InChI is InChI=1S/C17H23N3/c1-17(2,16-5-3-4-10-20-16)13-19-12-15-8-6-14(11-18)7-9-15/h3-10,19H,11-13,18H2,1-2H3. The fraction of sp³-hybridized carbons (Fsp3) is 0.353. The number of aromatic nitrogens is 1. The molecule has 2 rings (SSSR count). The zero-order chi connectivity index (χ0) is 14.4. The molecule has 0 fully saturated rings.